The first-order valence-electron chi connectivity index (χ1n) is 9.19. The normalized spacial score (nSPS) is 21.6. The first-order chi connectivity index (χ1) is 14.5. The average molecular weight is 489 g/mol. The summed E-state index contributed by atoms with van der Waals surface area (Å²) < 4.78 is 11.8. The number of para-hydroxylation sites is 1. The number of benzene rings is 2. The monoisotopic (exact) mass is 488 g/mol. The van der Waals surface area contributed by atoms with Crippen molar-refractivity contribution in [3.63, 3.8) is 0 Å². The third-order valence-electron chi connectivity index (χ3n) is 5.24. The fourth-order valence-corrected chi connectivity index (χ4v) is 4.90. The Morgan fingerprint density at radius 1 is 1.23 bits per heavy atom. The molecular formula is C20H17BrN4O4S. The highest BCUT2D eigenvalue weighted by Crippen LogP contribution is 2.49. The van der Waals surface area contributed by atoms with Crippen LogP contribution >= 0.6 is 27.7 Å². The number of anilines is 1. The van der Waals surface area contributed by atoms with Gasteiger partial charge in [0, 0.05) is 22.5 Å². The minimum atomic E-state index is -0.671. The number of hydrogen-bond acceptors (Lipinski definition) is 7. The number of carbonyl (C=O) groups is 2. The van der Waals surface area contributed by atoms with E-state index in [1.165, 1.54) is 18.7 Å². The van der Waals surface area contributed by atoms with Crippen LogP contribution in [0.15, 0.2) is 46.0 Å². The summed E-state index contributed by atoms with van der Waals surface area (Å²) in [6, 6.07) is 10.4. The van der Waals surface area contributed by atoms with Crippen molar-refractivity contribution < 1.29 is 19.1 Å². The number of fused-ring (bicyclic) bond motifs is 4. The van der Waals surface area contributed by atoms with Crippen LogP contribution in [0.2, 0.25) is 0 Å². The number of ether oxygens (including phenoxy) is 2. The lowest BCUT2D eigenvalue weighted by Crippen LogP contribution is -2.55. The van der Waals surface area contributed by atoms with Crippen LogP contribution in [0.5, 0.6) is 11.5 Å². The van der Waals surface area contributed by atoms with Crippen LogP contribution < -0.4 is 19.7 Å². The van der Waals surface area contributed by atoms with Crippen LogP contribution in [-0.4, -0.2) is 35.0 Å². The third kappa shape index (κ3) is 2.85. The van der Waals surface area contributed by atoms with Crippen molar-refractivity contribution in [2.45, 2.75) is 19.1 Å². The van der Waals surface area contributed by atoms with Crippen LogP contribution in [-0.2, 0) is 9.59 Å². The zero-order valence-corrected chi connectivity index (χ0v) is 18.5. The van der Waals surface area contributed by atoms with Gasteiger partial charge in [-0.1, -0.05) is 45.9 Å². The zero-order valence-electron chi connectivity index (χ0n) is 16.1. The quantitative estimate of drug-likeness (QED) is 0.662. The Labute approximate surface area is 185 Å². The lowest BCUT2D eigenvalue weighted by molar-refractivity contribution is -0.129. The molecule has 154 valence electrons. The van der Waals surface area contributed by atoms with Crippen molar-refractivity contribution >= 4 is 50.4 Å². The summed E-state index contributed by atoms with van der Waals surface area (Å²) in [7, 11) is 0. The molecule has 3 aliphatic heterocycles. The van der Waals surface area contributed by atoms with Gasteiger partial charge in [-0.05, 0) is 24.5 Å². The predicted molar refractivity (Wildman–Crippen MR) is 116 cm³/mol. The van der Waals surface area contributed by atoms with Crippen molar-refractivity contribution in [2.75, 3.05) is 17.9 Å². The van der Waals surface area contributed by atoms with Gasteiger partial charge < -0.3 is 14.8 Å². The maximum absolute atomic E-state index is 13.1. The summed E-state index contributed by atoms with van der Waals surface area (Å²) in [5.41, 5.74) is 2.15. The predicted octanol–water partition coefficient (Wildman–Crippen LogP) is 3.35. The summed E-state index contributed by atoms with van der Waals surface area (Å²) in [5.74, 6) is 0.856. The van der Waals surface area contributed by atoms with E-state index in [1.807, 2.05) is 42.7 Å². The Morgan fingerprint density at radius 2 is 1.97 bits per heavy atom. The van der Waals surface area contributed by atoms with Crippen LogP contribution in [0.1, 0.15) is 30.3 Å². The molecule has 5 rings (SSSR count). The molecule has 3 aliphatic rings. The molecule has 1 N–H and O–H groups in total. The molecule has 0 bridgehead atoms. The Balaban J connectivity index is 1.77. The van der Waals surface area contributed by atoms with Gasteiger partial charge in [-0.25, -0.2) is 0 Å². The molecule has 2 aromatic rings. The van der Waals surface area contributed by atoms with Gasteiger partial charge in [0.1, 0.15) is 0 Å². The minimum Gasteiger partial charge on any atom is -0.454 e. The molecule has 0 aromatic heterocycles. The van der Waals surface area contributed by atoms with E-state index in [2.05, 4.69) is 21.2 Å². The highest BCUT2D eigenvalue weighted by atomic mass is 79.9. The highest BCUT2D eigenvalue weighted by Gasteiger charge is 2.47. The second-order valence-electron chi connectivity index (χ2n) is 6.93. The lowest BCUT2D eigenvalue weighted by atomic mass is 9.95. The van der Waals surface area contributed by atoms with Crippen LogP contribution in [0.4, 0.5) is 5.69 Å². The van der Waals surface area contributed by atoms with Gasteiger partial charge >= 0.3 is 0 Å². The summed E-state index contributed by atoms with van der Waals surface area (Å²) in [6.45, 7) is 1.65. The standard InChI is InChI=1S/C20H17BrN4O4S/c1-10(26)24-14-6-4-3-5-11(14)17-18(27)22-20(30-2)23-25(17)19(24)12-7-15-16(8-13(12)21)29-9-28-15/h3-8,17,19H,9H2,1-2H3,(H,22,23,27)/t17-,19+/m1/s1. The Kier molecular flexibility index (Phi) is 4.62. The van der Waals surface area contributed by atoms with E-state index in [9.17, 15) is 9.59 Å². The van der Waals surface area contributed by atoms with E-state index in [-0.39, 0.29) is 18.6 Å². The van der Waals surface area contributed by atoms with Gasteiger partial charge in [0.05, 0.1) is 5.69 Å². The van der Waals surface area contributed by atoms with Crippen molar-refractivity contribution in [2.24, 2.45) is 5.10 Å². The fourth-order valence-electron chi connectivity index (χ4n) is 4.00. The number of amides is 2. The lowest BCUT2D eigenvalue weighted by Gasteiger charge is -2.48. The maximum atomic E-state index is 13.1. The number of hydrogen-bond donors (Lipinski definition) is 1. The number of hydrazone groups is 1. The highest BCUT2D eigenvalue weighted by molar-refractivity contribution is 9.10. The number of rotatable bonds is 1. The fraction of sp³-hybridized carbons (Fsp3) is 0.250. The van der Waals surface area contributed by atoms with Crippen molar-refractivity contribution in [1.82, 2.24) is 10.3 Å². The summed E-state index contributed by atoms with van der Waals surface area (Å²) in [4.78, 5) is 27.6. The molecule has 0 fully saturated rings. The molecule has 0 aliphatic carbocycles. The van der Waals surface area contributed by atoms with E-state index in [4.69, 9.17) is 14.6 Å². The number of nitrogens with zero attached hydrogens (tertiary/aromatic N) is 3. The molecular weight excluding hydrogens is 472 g/mol. The van der Waals surface area contributed by atoms with Crippen molar-refractivity contribution in [3.05, 3.63) is 52.0 Å². The van der Waals surface area contributed by atoms with E-state index in [0.717, 1.165) is 15.6 Å². The van der Waals surface area contributed by atoms with Crippen LogP contribution in [0.3, 0.4) is 0 Å². The Hall–Kier alpha value is -2.72. The van der Waals surface area contributed by atoms with Crippen LogP contribution in [0, 0.1) is 0 Å². The van der Waals surface area contributed by atoms with Crippen molar-refractivity contribution in [1.29, 1.82) is 0 Å². The van der Waals surface area contributed by atoms with Gasteiger partial charge in [-0.3, -0.25) is 19.5 Å². The summed E-state index contributed by atoms with van der Waals surface area (Å²) in [5, 5.41) is 9.71. The largest absolute Gasteiger partial charge is 0.454 e. The second kappa shape index (κ2) is 7.21. The minimum absolute atomic E-state index is 0.138. The Morgan fingerprint density at radius 3 is 2.70 bits per heavy atom. The zero-order chi connectivity index (χ0) is 21.0. The molecule has 0 radical (unpaired) electrons. The maximum Gasteiger partial charge on any atom is 0.255 e. The first kappa shape index (κ1) is 19.3. The van der Waals surface area contributed by atoms with Gasteiger partial charge in [-0.15, -0.1) is 5.10 Å². The van der Waals surface area contributed by atoms with Crippen LogP contribution in [0.25, 0.3) is 0 Å². The van der Waals surface area contributed by atoms with E-state index >= 15 is 0 Å². The molecule has 2 amide bonds. The molecule has 10 heteroatoms. The molecule has 0 unspecified atom stereocenters. The first-order valence-corrected chi connectivity index (χ1v) is 11.2. The molecule has 2 atom stereocenters. The number of carbonyl (C=O) groups excluding carboxylic acids is 2. The molecule has 8 nitrogen and oxygen atoms in total. The molecule has 0 saturated heterocycles. The van der Waals surface area contributed by atoms with Gasteiger partial charge in [0.15, 0.2) is 28.9 Å². The molecule has 0 spiro atoms. The molecule has 30 heavy (non-hydrogen) atoms. The third-order valence-corrected chi connectivity index (χ3v) is 6.50. The number of halogens is 1. The van der Waals surface area contributed by atoms with Gasteiger partial charge in [0.2, 0.25) is 12.7 Å². The smallest absolute Gasteiger partial charge is 0.255 e. The molecule has 2 aromatic carbocycles. The van der Waals surface area contributed by atoms with E-state index < -0.39 is 12.2 Å². The van der Waals surface area contributed by atoms with Gasteiger partial charge in [0.25, 0.3) is 5.91 Å². The second-order valence-corrected chi connectivity index (χ2v) is 8.58. The SMILES string of the molecule is CSC1=NN2[C@@H](C(=O)N1)c1ccccc1N(C(C)=O)[C@@H]2c1cc2c(cc1Br)OCO2. The molecule has 3 heterocycles. The number of amidine groups is 1. The van der Waals surface area contributed by atoms with E-state index in [1.54, 1.807) is 9.91 Å². The topological polar surface area (TPSA) is 83.5 Å². The number of nitrogens with one attached hydrogen (secondary N) is 1. The summed E-state index contributed by atoms with van der Waals surface area (Å²) >= 11 is 4.95. The van der Waals surface area contributed by atoms with E-state index in [0.29, 0.717) is 22.4 Å². The average Bonchev–Trinajstić information content (AvgIpc) is 3.18. The molecule has 0 saturated carbocycles. The van der Waals surface area contributed by atoms with Gasteiger partial charge in [-0.2, -0.15) is 0 Å². The summed E-state index contributed by atoms with van der Waals surface area (Å²) in [6.07, 6.45) is 1.19. The number of thioether (sulfide) groups is 1. The Bertz CT molecular complexity index is 1110. The van der Waals surface area contributed by atoms with Crippen molar-refractivity contribution in [3.8, 4) is 11.5 Å².